The van der Waals surface area contributed by atoms with Gasteiger partial charge in [0.05, 0.1) is 12.5 Å². The van der Waals surface area contributed by atoms with Gasteiger partial charge in [0.15, 0.2) is 0 Å². The van der Waals surface area contributed by atoms with E-state index in [1.807, 2.05) is 0 Å². The summed E-state index contributed by atoms with van der Waals surface area (Å²) in [6.07, 6.45) is 2.47. The van der Waals surface area contributed by atoms with Crippen LogP contribution in [-0.2, 0) is 9.59 Å². The number of amides is 3. The zero-order valence-electron chi connectivity index (χ0n) is 10.4. The van der Waals surface area contributed by atoms with E-state index in [0.717, 1.165) is 0 Å². The minimum Gasteiger partial charge on any atom is -0.481 e. The van der Waals surface area contributed by atoms with Gasteiger partial charge in [-0.1, -0.05) is 0 Å². The topological polar surface area (TPSA) is 108 Å². The summed E-state index contributed by atoms with van der Waals surface area (Å²) < 4.78 is 0. The lowest BCUT2D eigenvalue weighted by molar-refractivity contribution is -0.142. The Morgan fingerprint density at radius 2 is 1.78 bits per heavy atom. The molecule has 1 saturated carbocycles. The van der Waals surface area contributed by atoms with E-state index in [1.54, 1.807) is 0 Å². The second-order valence-corrected chi connectivity index (χ2v) is 4.39. The number of carbonyl (C=O) groups is 3. The Morgan fingerprint density at radius 1 is 1.17 bits per heavy atom. The summed E-state index contributed by atoms with van der Waals surface area (Å²) in [5.74, 6) is -1.32. The van der Waals surface area contributed by atoms with Crippen LogP contribution in [0.1, 0.15) is 25.7 Å². The zero-order chi connectivity index (χ0) is 13.5. The van der Waals surface area contributed by atoms with Crippen molar-refractivity contribution < 1.29 is 19.5 Å². The van der Waals surface area contributed by atoms with Crippen molar-refractivity contribution in [1.82, 2.24) is 16.0 Å². The third-order valence-corrected chi connectivity index (χ3v) is 3.10. The molecule has 0 spiro atoms. The standard InChI is InChI=1S/C11H19N3O4/c1-12-9(15)6-13-11(18)14-8-4-2-7(3-5-8)10(16)17/h7-8H,2-6H2,1H3,(H,12,15)(H,16,17)(H2,13,14,18). The van der Waals surface area contributed by atoms with Gasteiger partial charge < -0.3 is 21.1 Å². The van der Waals surface area contributed by atoms with Crippen LogP contribution in [0.3, 0.4) is 0 Å². The van der Waals surface area contributed by atoms with Crippen LogP contribution in [0.25, 0.3) is 0 Å². The highest BCUT2D eigenvalue weighted by Crippen LogP contribution is 2.24. The van der Waals surface area contributed by atoms with E-state index < -0.39 is 12.0 Å². The van der Waals surface area contributed by atoms with Gasteiger partial charge in [-0.05, 0) is 25.7 Å². The number of aliphatic carboxylic acids is 1. The van der Waals surface area contributed by atoms with Crippen LogP contribution >= 0.6 is 0 Å². The number of nitrogens with one attached hydrogen (secondary N) is 3. The lowest BCUT2D eigenvalue weighted by Crippen LogP contribution is -2.46. The molecule has 0 unspecified atom stereocenters. The number of hydrogen-bond acceptors (Lipinski definition) is 3. The average molecular weight is 257 g/mol. The van der Waals surface area contributed by atoms with Crippen LogP contribution < -0.4 is 16.0 Å². The van der Waals surface area contributed by atoms with Gasteiger partial charge in [0.2, 0.25) is 5.91 Å². The third-order valence-electron chi connectivity index (χ3n) is 3.10. The molecule has 0 aliphatic heterocycles. The Balaban J connectivity index is 2.22. The van der Waals surface area contributed by atoms with Gasteiger partial charge in [0.25, 0.3) is 0 Å². The van der Waals surface area contributed by atoms with Crippen LogP contribution in [0.2, 0.25) is 0 Å². The van der Waals surface area contributed by atoms with Crippen molar-refractivity contribution in [3.8, 4) is 0 Å². The molecule has 18 heavy (non-hydrogen) atoms. The highest BCUT2D eigenvalue weighted by Gasteiger charge is 2.26. The first kappa shape index (κ1) is 14.3. The van der Waals surface area contributed by atoms with Gasteiger partial charge in [0.1, 0.15) is 0 Å². The summed E-state index contributed by atoms with van der Waals surface area (Å²) in [7, 11) is 1.50. The fourth-order valence-electron chi connectivity index (χ4n) is 1.97. The number of urea groups is 1. The molecule has 0 radical (unpaired) electrons. The maximum Gasteiger partial charge on any atom is 0.315 e. The summed E-state index contributed by atoms with van der Waals surface area (Å²) >= 11 is 0. The van der Waals surface area contributed by atoms with Crippen LogP contribution in [0, 0.1) is 5.92 Å². The molecule has 3 amide bonds. The average Bonchev–Trinajstić information content (AvgIpc) is 2.36. The van der Waals surface area contributed by atoms with E-state index in [0.29, 0.717) is 25.7 Å². The molecular weight excluding hydrogens is 238 g/mol. The smallest absolute Gasteiger partial charge is 0.315 e. The minimum atomic E-state index is -0.766. The van der Waals surface area contributed by atoms with Gasteiger partial charge in [-0.2, -0.15) is 0 Å². The lowest BCUT2D eigenvalue weighted by atomic mass is 9.86. The summed E-state index contributed by atoms with van der Waals surface area (Å²) in [6.45, 7) is -0.0627. The Kier molecular flexibility index (Phi) is 5.41. The van der Waals surface area contributed by atoms with Gasteiger partial charge in [-0.15, -0.1) is 0 Å². The summed E-state index contributed by atoms with van der Waals surface area (Å²) in [5.41, 5.74) is 0. The van der Waals surface area contributed by atoms with Gasteiger partial charge in [-0.3, -0.25) is 9.59 Å². The third kappa shape index (κ3) is 4.60. The molecule has 0 aromatic rings. The first-order chi connectivity index (χ1) is 8.52. The van der Waals surface area contributed by atoms with E-state index in [9.17, 15) is 14.4 Å². The van der Waals surface area contributed by atoms with Crippen LogP contribution in [0.15, 0.2) is 0 Å². The summed E-state index contributed by atoms with van der Waals surface area (Å²) in [6, 6.07) is -0.400. The van der Waals surface area contributed by atoms with E-state index in [4.69, 9.17) is 5.11 Å². The predicted molar refractivity (Wildman–Crippen MR) is 64.0 cm³/mol. The van der Waals surface area contributed by atoms with E-state index >= 15 is 0 Å². The molecule has 0 aromatic carbocycles. The van der Waals surface area contributed by atoms with Crippen molar-refractivity contribution >= 4 is 17.9 Å². The van der Waals surface area contributed by atoms with E-state index in [-0.39, 0.29) is 24.4 Å². The molecule has 1 aliphatic carbocycles. The normalized spacial score (nSPS) is 22.9. The number of hydrogen-bond donors (Lipinski definition) is 4. The molecular formula is C11H19N3O4. The molecule has 1 aliphatic rings. The molecule has 1 fully saturated rings. The second-order valence-electron chi connectivity index (χ2n) is 4.39. The van der Waals surface area contributed by atoms with Crippen molar-refractivity contribution in [3.05, 3.63) is 0 Å². The monoisotopic (exact) mass is 257 g/mol. The summed E-state index contributed by atoms with van der Waals surface area (Å²) in [4.78, 5) is 33.1. The van der Waals surface area contributed by atoms with Crippen molar-refractivity contribution in [2.45, 2.75) is 31.7 Å². The summed E-state index contributed by atoms with van der Waals surface area (Å²) in [5, 5.41) is 16.4. The number of likely N-dealkylation sites (N-methyl/N-ethyl adjacent to an activating group) is 1. The molecule has 7 nitrogen and oxygen atoms in total. The van der Waals surface area contributed by atoms with E-state index in [1.165, 1.54) is 7.05 Å². The lowest BCUT2D eigenvalue weighted by Gasteiger charge is -2.26. The van der Waals surface area contributed by atoms with Gasteiger partial charge in [-0.25, -0.2) is 4.79 Å². The number of carboxylic acids is 1. The Labute approximate surface area is 105 Å². The van der Waals surface area contributed by atoms with Crippen molar-refractivity contribution in [2.75, 3.05) is 13.6 Å². The Morgan fingerprint density at radius 3 is 2.28 bits per heavy atom. The highest BCUT2D eigenvalue weighted by atomic mass is 16.4. The molecule has 0 heterocycles. The molecule has 0 aromatic heterocycles. The first-order valence-corrected chi connectivity index (χ1v) is 6.00. The predicted octanol–water partition coefficient (Wildman–Crippen LogP) is -0.325. The minimum absolute atomic E-state index is 0.00899. The SMILES string of the molecule is CNC(=O)CNC(=O)NC1CCC(C(=O)O)CC1. The van der Waals surface area contributed by atoms with Gasteiger partial charge in [0, 0.05) is 13.1 Å². The molecule has 0 saturated heterocycles. The number of carbonyl (C=O) groups excluding carboxylic acids is 2. The maximum absolute atomic E-state index is 11.4. The molecule has 0 bridgehead atoms. The molecule has 4 N–H and O–H groups in total. The maximum atomic E-state index is 11.4. The molecule has 102 valence electrons. The first-order valence-electron chi connectivity index (χ1n) is 6.00. The Hall–Kier alpha value is -1.79. The zero-order valence-corrected chi connectivity index (χ0v) is 10.4. The van der Waals surface area contributed by atoms with Crippen molar-refractivity contribution in [1.29, 1.82) is 0 Å². The Bertz CT molecular complexity index is 324. The number of rotatable bonds is 4. The molecule has 7 heteroatoms. The largest absolute Gasteiger partial charge is 0.481 e. The van der Waals surface area contributed by atoms with E-state index in [2.05, 4.69) is 16.0 Å². The molecule has 1 rings (SSSR count). The fourth-order valence-corrected chi connectivity index (χ4v) is 1.97. The molecule has 0 atom stereocenters. The second kappa shape index (κ2) is 6.83. The highest BCUT2D eigenvalue weighted by molar-refractivity contribution is 5.83. The van der Waals surface area contributed by atoms with Crippen molar-refractivity contribution in [3.63, 3.8) is 0 Å². The van der Waals surface area contributed by atoms with Crippen LogP contribution in [0.5, 0.6) is 0 Å². The quantitative estimate of drug-likeness (QED) is 0.553. The van der Waals surface area contributed by atoms with Gasteiger partial charge >= 0.3 is 12.0 Å². The fraction of sp³-hybridized carbons (Fsp3) is 0.727. The number of carboxylic acid groups (broad SMARTS) is 1. The van der Waals surface area contributed by atoms with Crippen LogP contribution in [0.4, 0.5) is 4.79 Å². The van der Waals surface area contributed by atoms with Crippen molar-refractivity contribution in [2.24, 2.45) is 5.92 Å². The van der Waals surface area contributed by atoms with Crippen LogP contribution in [-0.4, -0.2) is 42.6 Å².